The van der Waals surface area contributed by atoms with Crippen molar-refractivity contribution < 1.29 is 9.84 Å². The third kappa shape index (κ3) is 3.03. The summed E-state index contributed by atoms with van der Waals surface area (Å²) in [7, 11) is 3.23. The molecule has 0 aliphatic carbocycles. The third-order valence-electron chi connectivity index (χ3n) is 5.18. The number of rotatable bonds is 6. The molecular weight excluding hydrogens is 374 g/mol. The lowest BCUT2D eigenvalue weighted by Crippen LogP contribution is -2.39. The Kier molecular flexibility index (Phi) is 4.75. The van der Waals surface area contributed by atoms with E-state index in [1.54, 1.807) is 18.6 Å². The number of hydrogen-bond donors (Lipinski definition) is 1. The van der Waals surface area contributed by atoms with E-state index in [4.69, 9.17) is 9.84 Å². The van der Waals surface area contributed by atoms with Gasteiger partial charge in [-0.1, -0.05) is 12.1 Å². The predicted molar refractivity (Wildman–Crippen MR) is 109 cm³/mol. The molecule has 0 atom stereocenters. The van der Waals surface area contributed by atoms with E-state index in [9.17, 15) is 9.59 Å². The normalized spacial score (nSPS) is 11.6. The van der Waals surface area contributed by atoms with E-state index in [1.165, 1.54) is 4.57 Å². The molecule has 3 heterocycles. The fraction of sp³-hybridized carbons (Fsp3) is 0.350. The molecule has 0 saturated heterocycles. The van der Waals surface area contributed by atoms with Crippen molar-refractivity contribution in [2.24, 2.45) is 7.05 Å². The minimum absolute atomic E-state index is 0.0905. The zero-order valence-corrected chi connectivity index (χ0v) is 16.6. The van der Waals surface area contributed by atoms with Gasteiger partial charge in [0.15, 0.2) is 11.2 Å². The summed E-state index contributed by atoms with van der Waals surface area (Å²) < 4.78 is 11.5. The lowest BCUT2D eigenvalue weighted by molar-refractivity contribution is 0.277. The van der Waals surface area contributed by atoms with Crippen LogP contribution in [0.1, 0.15) is 17.7 Å². The van der Waals surface area contributed by atoms with Crippen LogP contribution >= 0.6 is 0 Å². The minimum Gasteiger partial charge on any atom is -0.497 e. The molecule has 9 nitrogen and oxygen atoms in total. The number of aromatic nitrogens is 5. The zero-order chi connectivity index (χ0) is 20.7. The molecule has 0 saturated carbocycles. The number of aliphatic hydroxyl groups excluding tert-OH is 1. The Balaban J connectivity index is 1.90. The summed E-state index contributed by atoms with van der Waals surface area (Å²) in [6, 6.07) is 7.76. The molecule has 1 aromatic carbocycles. The Morgan fingerprint density at radius 3 is 2.52 bits per heavy atom. The highest BCUT2D eigenvalue weighted by Crippen LogP contribution is 2.19. The van der Waals surface area contributed by atoms with Gasteiger partial charge in [-0.15, -0.1) is 0 Å². The maximum Gasteiger partial charge on any atom is 0.332 e. The van der Waals surface area contributed by atoms with Crippen molar-refractivity contribution in [3.05, 3.63) is 62.6 Å². The largest absolute Gasteiger partial charge is 0.497 e. The summed E-state index contributed by atoms with van der Waals surface area (Å²) in [4.78, 5) is 30.2. The lowest BCUT2D eigenvalue weighted by atomic mass is 10.2. The molecule has 0 radical (unpaired) electrons. The van der Waals surface area contributed by atoms with Crippen LogP contribution < -0.4 is 16.0 Å². The van der Waals surface area contributed by atoms with Gasteiger partial charge in [-0.3, -0.25) is 18.3 Å². The van der Waals surface area contributed by atoms with Gasteiger partial charge in [-0.25, -0.2) is 4.79 Å². The molecule has 0 fully saturated rings. The van der Waals surface area contributed by atoms with Gasteiger partial charge < -0.3 is 14.4 Å². The maximum absolute atomic E-state index is 13.0. The van der Waals surface area contributed by atoms with Gasteiger partial charge in [-0.2, -0.15) is 4.98 Å². The molecule has 4 rings (SSSR count). The number of ether oxygens (including phenoxy) is 1. The molecule has 9 heteroatoms. The highest BCUT2D eigenvalue weighted by molar-refractivity contribution is 5.75. The second-order valence-electron chi connectivity index (χ2n) is 7.03. The van der Waals surface area contributed by atoms with Gasteiger partial charge in [0.2, 0.25) is 5.78 Å². The van der Waals surface area contributed by atoms with Crippen molar-refractivity contribution in [1.29, 1.82) is 0 Å². The topological polar surface area (TPSA) is 95.7 Å². The molecular formula is C20H23N5O4. The molecule has 0 amide bonds. The number of benzene rings is 1. The van der Waals surface area contributed by atoms with Crippen molar-refractivity contribution in [3.8, 4) is 5.75 Å². The van der Waals surface area contributed by atoms with E-state index in [0.717, 1.165) is 21.6 Å². The second kappa shape index (κ2) is 7.25. The fourth-order valence-electron chi connectivity index (χ4n) is 3.59. The number of methoxy groups -OCH3 is 1. The molecule has 1 N–H and O–H groups in total. The average Bonchev–Trinajstić information content (AvgIpc) is 3.23. The molecule has 4 aromatic rings. The van der Waals surface area contributed by atoms with E-state index in [0.29, 0.717) is 29.9 Å². The van der Waals surface area contributed by atoms with Gasteiger partial charge >= 0.3 is 5.69 Å². The maximum atomic E-state index is 13.0. The van der Waals surface area contributed by atoms with Crippen LogP contribution in [-0.4, -0.2) is 41.9 Å². The fourth-order valence-corrected chi connectivity index (χ4v) is 3.59. The number of aryl methyl sites for hydroxylation is 2. The first-order valence-electron chi connectivity index (χ1n) is 9.37. The van der Waals surface area contributed by atoms with Crippen molar-refractivity contribution in [1.82, 2.24) is 23.1 Å². The van der Waals surface area contributed by atoms with Crippen molar-refractivity contribution in [2.45, 2.75) is 26.4 Å². The Labute approximate surface area is 166 Å². The summed E-state index contributed by atoms with van der Waals surface area (Å²) in [5.41, 5.74) is 1.88. The van der Waals surface area contributed by atoms with Crippen LogP contribution in [0.25, 0.3) is 16.9 Å². The first kappa shape index (κ1) is 19.0. The van der Waals surface area contributed by atoms with Crippen LogP contribution in [0.5, 0.6) is 5.75 Å². The SMILES string of the molecule is COc1ccc(Cn2c(C)cn3c4c(=O)n(CCCO)c(=O)n(C)c4nc23)cc1. The highest BCUT2D eigenvalue weighted by Gasteiger charge is 2.20. The van der Waals surface area contributed by atoms with E-state index >= 15 is 0 Å². The van der Waals surface area contributed by atoms with Crippen molar-refractivity contribution >= 4 is 16.9 Å². The zero-order valence-electron chi connectivity index (χ0n) is 16.6. The van der Waals surface area contributed by atoms with Gasteiger partial charge in [-0.05, 0) is 31.0 Å². The second-order valence-corrected chi connectivity index (χ2v) is 7.03. The molecule has 0 aliphatic rings. The molecule has 152 valence electrons. The van der Waals surface area contributed by atoms with Gasteiger partial charge in [0.25, 0.3) is 5.56 Å². The van der Waals surface area contributed by atoms with Crippen molar-refractivity contribution in [3.63, 3.8) is 0 Å². The number of fused-ring (bicyclic) bond motifs is 3. The summed E-state index contributed by atoms with van der Waals surface area (Å²) >= 11 is 0. The van der Waals surface area contributed by atoms with E-state index < -0.39 is 11.2 Å². The van der Waals surface area contributed by atoms with Crippen LogP contribution in [0.15, 0.2) is 40.1 Å². The van der Waals surface area contributed by atoms with Crippen LogP contribution in [-0.2, 0) is 20.1 Å². The van der Waals surface area contributed by atoms with Crippen LogP contribution in [0, 0.1) is 6.92 Å². The molecule has 0 bridgehead atoms. The molecule has 0 unspecified atom stereocenters. The summed E-state index contributed by atoms with van der Waals surface area (Å²) in [6.07, 6.45) is 2.19. The van der Waals surface area contributed by atoms with Gasteiger partial charge in [0.05, 0.1) is 13.7 Å². The Morgan fingerprint density at radius 1 is 1.14 bits per heavy atom. The van der Waals surface area contributed by atoms with Crippen LogP contribution in [0.2, 0.25) is 0 Å². The van der Waals surface area contributed by atoms with Gasteiger partial charge in [0, 0.05) is 32.1 Å². The smallest absolute Gasteiger partial charge is 0.332 e. The highest BCUT2D eigenvalue weighted by atomic mass is 16.5. The van der Waals surface area contributed by atoms with Crippen LogP contribution in [0.3, 0.4) is 0 Å². The summed E-state index contributed by atoms with van der Waals surface area (Å²) in [6.45, 7) is 2.60. The number of aliphatic hydroxyl groups is 1. The Bertz CT molecular complexity index is 1310. The average molecular weight is 397 g/mol. The first-order valence-corrected chi connectivity index (χ1v) is 9.37. The van der Waals surface area contributed by atoms with Crippen LogP contribution in [0.4, 0.5) is 0 Å². The minimum atomic E-state index is -0.435. The Morgan fingerprint density at radius 2 is 1.86 bits per heavy atom. The quantitative estimate of drug-likeness (QED) is 0.522. The summed E-state index contributed by atoms with van der Waals surface area (Å²) in [5, 5.41) is 9.08. The summed E-state index contributed by atoms with van der Waals surface area (Å²) in [5.74, 6) is 1.38. The number of hydrogen-bond acceptors (Lipinski definition) is 5. The van der Waals surface area contributed by atoms with Gasteiger partial charge in [0.1, 0.15) is 5.75 Å². The Hall–Kier alpha value is -3.33. The predicted octanol–water partition coefficient (Wildman–Crippen LogP) is 0.897. The van der Waals surface area contributed by atoms with E-state index in [1.807, 2.05) is 42.0 Å². The standard InChI is InChI=1S/C20H23N5O4/c1-13-11-25-16-17(22(2)20(28)23(18(16)27)9-4-10-26)21-19(25)24(13)12-14-5-7-15(29-3)8-6-14/h5-8,11,26H,4,9-10,12H2,1-3H3. The number of imidazole rings is 2. The van der Waals surface area contributed by atoms with E-state index in [2.05, 4.69) is 4.98 Å². The molecule has 29 heavy (non-hydrogen) atoms. The molecule has 0 aliphatic heterocycles. The van der Waals surface area contributed by atoms with E-state index in [-0.39, 0.29) is 13.2 Å². The molecule has 3 aromatic heterocycles. The monoisotopic (exact) mass is 397 g/mol. The van der Waals surface area contributed by atoms with Crippen molar-refractivity contribution in [2.75, 3.05) is 13.7 Å². The molecule has 0 spiro atoms. The third-order valence-corrected chi connectivity index (χ3v) is 5.18. The number of nitrogens with zero attached hydrogens (tertiary/aromatic N) is 5. The first-order chi connectivity index (χ1) is 14.0. The lowest BCUT2D eigenvalue weighted by Gasteiger charge is -2.07.